The Kier molecular flexibility index (Phi) is 5.94. The van der Waals surface area contributed by atoms with E-state index in [2.05, 4.69) is 5.32 Å². The molecular formula is C28H29FN2O3. The van der Waals surface area contributed by atoms with Crippen LogP contribution in [0.15, 0.2) is 54.6 Å². The second kappa shape index (κ2) is 8.60. The fourth-order valence-electron chi connectivity index (χ4n) is 4.54. The molecule has 4 rings (SSSR count). The monoisotopic (exact) mass is 460 g/mol. The van der Waals surface area contributed by atoms with Crippen molar-refractivity contribution in [1.82, 2.24) is 10.2 Å². The van der Waals surface area contributed by atoms with Crippen molar-refractivity contribution in [2.75, 3.05) is 0 Å². The van der Waals surface area contributed by atoms with Gasteiger partial charge >= 0.3 is 0 Å². The molecule has 0 saturated carbocycles. The van der Waals surface area contributed by atoms with Gasteiger partial charge in [0.2, 0.25) is 5.91 Å². The Hall–Kier alpha value is -3.67. The van der Waals surface area contributed by atoms with Crippen molar-refractivity contribution in [2.24, 2.45) is 0 Å². The average Bonchev–Trinajstić information content (AvgIpc) is 3.05. The molecule has 0 aliphatic carbocycles. The van der Waals surface area contributed by atoms with E-state index < -0.39 is 11.6 Å². The van der Waals surface area contributed by atoms with Gasteiger partial charge in [-0.05, 0) is 74.6 Å². The molecule has 0 aromatic heterocycles. The maximum Gasteiger partial charge on any atom is 0.255 e. The maximum atomic E-state index is 14.7. The van der Waals surface area contributed by atoms with Crippen molar-refractivity contribution in [3.05, 3.63) is 88.2 Å². The van der Waals surface area contributed by atoms with Gasteiger partial charge in [-0.15, -0.1) is 0 Å². The molecule has 1 aliphatic rings. The molecular weight excluding hydrogens is 431 g/mol. The Bertz CT molecular complexity index is 1280. The lowest BCUT2D eigenvalue weighted by atomic mass is 9.94. The molecule has 2 amide bonds. The predicted molar refractivity (Wildman–Crippen MR) is 130 cm³/mol. The van der Waals surface area contributed by atoms with Crippen molar-refractivity contribution in [3.8, 4) is 16.9 Å². The number of aromatic hydroxyl groups is 1. The average molecular weight is 461 g/mol. The molecule has 2 N–H and O–H groups in total. The van der Waals surface area contributed by atoms with E-state index in [1.165, 1.54) is 17.0 Å². The van der Waals surface area contributed by atoms with E-state index >= 15 is 0 Å². The normalized spacial score (nSPS) is 15.4. The van der Waals surface area contributed by atoms with Crippen LogP contribution in [0, 0.1) is 19.7 Å². The Morgan fingerprint density at radius 3 is 2.35 bits per heavy atom. The number of nitrogens with zero attached hydrogens (tertiary/aromatic N) is 1. The number of halogens is 1. The largest absolute Gasteiger partial charge is 0.508 e. The molecule has 176 valence electrons. The summed E-state index contributed by atoms with van der Waals surface area (Å²) >= 11 is 0. The fourth-order valence-corrected chi connectivity index (χ4v) is 4.54. The third-order valence-corrected chi connectivity index (χ3v) is 6.24. The molecule has 34 heavy (non-hydrogen) atoms. The minimum Gasteiger partial charge on any atom is -0.508 e. The second-order valence-corrected chi connectivity index (χ2v) is 9.81. The van der Waals surface area contributed by atoms with Gasteiger partial charge in [0.25, 0.3) is 5.91 Å². The number of nitrogens with one attached hydrogen (secondary N) is 1. The van der Waals surface area contributed by atoms with E-state index in [9.17, 15) is 19.1 Å². The van der Waals surface area contributed by atoms with Gasteiger partial charge in [0.15, 0.2) is 0 Å². The van der Waals surface area contributed by atoms with Crippen LogP contribution >= 0.6 is 0 Å². The number of phenolic OH excluding ortho intramolecular Hbond substituents is 1. The number of carbonyl (C=O) groups is 2. The fraction of sp³-hybridized carbons (Fsp3) is 0.286. The highest BCUT2D eigenvalue weighted by atomic mass is 19.1. The Morgan fingerprint density at radius 1 is 1.03 bits per heavy atom. The van der Waals surface area contributed by atoms with Gasteiger partial charge in [0, 0.05) is 17.6 Å². The summed E-state index contributed by atoms with van der Waals surface area (Å²) in [6.07, 6.45) is 0. The van der Waals surface area contributed by atoms with Crippen LogP contribution in [0.1, 0.15) is 59.4 Å². The molecule has 0 bridgehead atoms. The summed E-state index contributed by atoms with van der Waals surface area (Å²) in [4.78, 5) is 28.5. The van der Waals surface area contributed by atoms with Crippen LogP contribution in [0.4, 0.5) is 4.39 Å². The molecule has 1 unspecified atom stereocenters. The summed E-state index contributed by atoms with van der Waals surface area (Å²) in [5.74, 6) is -1.06. The van der Waals surface area contributed by atoms with E-state index in [1.54, 1.807) is 26.0 Å². The summed E-state index contributed by atoms with van der Waals surface area (Å²) in [6.45, 7) is 9.02. The van der Waals surface area contributed by atoms with Crippen molar-refractivity contribution in [1.29, 1.82) is 0 Å². The van der Waals surface area contributed by atoms with Crippen LogP contribution in [0.2, 0.25) is 0 Å². The zero-order valence-electron chi connectivity index (χ0n) is 20.1. The number of hydrogen-bond donors (Lipinski definition) is 2. The zero-order valence-corrected chi connectivity index (χ0v) is 20.1. The van der Waals surface area contributed by atoms with Crippen LogP contribution in [0.3, 0.4) is 0 Å². The van der Waals surface area contributed by atoms with E-state index in [0.717, 1.165) is 11.1 Å². The quantitative estimate of drug-likeness (QED) is 0.546. The minimum absolute atomic E-state index is 0.00385. The first kappa shape index (κ1) is 23.5. The molecule has 1 aliphatic heterocycles. The second-order valence-electron chi connectivity index (χ2n) is 9.81. The van der Waals surface area contributed by atoms with Crippen LogP contribution in [0.5, 0.6) is 5.75 Å². The van der Waals surface area contributed by atoms with Gasteiger partial charge in [0.1, 0.15) is 17.6 Å². The molecule has 0 spiro atoms. The number of benzene rings is 3. The van der Waals surface area contributed by atoms with Crippen LogP contribution in [0.25, 0.3) is 11.1 Å². The lowest BCUT2D eigenvalue weighted by Gasteiger charge is -2.30. The Morgan fingerprint density at radius 2 is 1.71 bits per heavy atom. The summed E-state index contributed by atoms with van der Waals surface area (Å²) in [7, 11) is 0. The molecule has 3 aromatic carbocycles. The van der Waals surface area contributed by atoms with E-state index in [-0.39, 0.29) is 29.9 Å². The third kappa shape index (κ3) is 4.16. The molecule has 3 aromatic rings. The van der Waals surface area contributed by atoms with Gasteiger partial charge in [-0.25, -0.2) is 4.39 Å². The first-order valence-corrected chi connectivity index (χ1v) is 11.3. The Labute approximate surface area is 199 Å². The maximum absolute atomic E-state index is 14.7. The highest BCUT2D eigenvalue weighted by Gasteiger charge is 2.43. The number of phenols is 1. The van der Waals surface area contributed by atoms with Gasteiger partial charge in [-0.3, -0.25) is 9.59 Å². The topological polar surface area (TPSA) is 69.6 Å². The molecule has 0 fully saturated rings. The van der Waals surface area contributed by atoms with Crippen LogP contribution in [-0.4, -0.2) is 27.4 Å². The van der Waals surface area contributed by atoms with Crippen molar-refractivity contribution >= 4 is 11.8 Å². The molecule has 0 radical (unpaired) electrons. The summed E-state index contributed by atoms with van der Waals surface area (Å²) < 4.78 is 14.7. The number of fused-ring (bicyclic) bond motifs is 1. The summed E-state index contributed by atoms with van der Waals surface area (Å²) in [6, 6.07) is 14.9. The van der Waals surface area contributed by atoms with Gasteiger partial charge in [-0.2, -0.15) is 0 Å². The lowest BCUT2D eigenvalue weighted by molar-refractivity contribution is -0.127. The standard InChI is InChI=1S/C28H29FN2O3/c1-16-21(19(11-13-22(16)29)18-9-7-6-8-10-18)15-31-25(26(33)30-28(3,4)5)20-12-14-23(32)17(2)24(20)27(31)34/h6-14,25,32H,15H2,1-5H3,(H,30,33). The molecule has 5 nitrogen and oxygen atoms in total. The van der Waals surface area contributed by atoms with Gasteiger partial charge in [0.05, 0.1) is 5.56 Å². The molecule has 1 heterocycles. The number of amides is 2. The van der Waals surface area contributed by atoms with Crippen LogP contribution < -0.4 is 5.32 Å². The first-order valence-electron chi connectivity index (χ1n) is 11.3. The minimum atomic E-state index is -0.896. The van der Waals surface area contributed by atoms with Gasteiger partial charge in [-0.1, -0.05) is 42.5 Å². The van der Waals surface area contributed by atoms with E-state index in [0.29, 0.717) is 27.8 Å². The van der Waals surface area contributed by atoms with E-state index in [1.807, 2.05) is 51.1 Å². The SMILES string of the molecule is Cc1c(F)ccc(-c2ccccc2)c1CN1C(=O)c2c(ccc(O)c2C)C1C(=O)NC(C)(C)C. The van der Waals surface area contributed by atoms with E-state index in [4.69, 9.17) is 0 Å². The third-order valence-electron chi connectivity index (χ3n) is 6.24. The summed E-state index contributed by atoms with van der Waals surface area (Å²) in [5.41, 5.74) is 3.55. The number of hydrogen-bond acceptors (Lipinski definition) is 3. The summed E-state index contributed by atoms with van der Waals surface area (Å²) in [5, 5.41) is 13.2. The van der Waals surface area contributed by atoms with Crippen LogP contribution in [-0.2, 0) is 11.3 Å². The highest BCUT2D eigenvalue weighted by Crippen LogP contribution is 2.41. The highest BCUT2D eigenvalue weighted by molar-refractivity contribution is 6.06. The lowest BCUT2D eigenvalue weighted by Crippen LogP contribution is -2.46. The number of carbonyl (C=O) groups excluding carboxylic acids is 2. The first-order chi connectivity index (χ1) is 16.0. The zero-order chi connectivity index (χ0) is 24.8. The number of rotatable bonds is 4. The predicted octanol–water partition coefficient (Wildman–Crippen LogP) is 5.43. The molecule has 6 heteroatoms. The molecule has 1 atom stereocenters. The Balaban J connectivity index is 1.85. The smallest absolute Gasteiger partial charge is 0.255 e. The van der Waals surface area contributed by atoms with Crippen molar-refractivity contribution < 1.29 is 19.1 Å². The molecule has 0 saturated heterocycles. The van der Waals surface area contributed by atoms with Gasteiger partial charge < -0.3 is 15.3 Å². The van der Waals surface area contributed by atoms with Crippen molar-refractivity contribution in [2.45, 2.75) is 52.7 Å². The van der Waals surface area contributed by atoms with Crippen molar-refractivity contribution in [3.63, 3.8) is 0 Å².